The molecule has 0 aliphatic rings. The Morgan fingerprint density at radius 1 is 1.08 bits per heavy atom. The van der Waals surface area contributed by atoms with E-state index in [4.69, 9.17) is 4.74 Å². The number of fused-ring (bicyclic) bond motifs is 1. The highest BCUT2D eigenvalue weighted by molar-refractivity contribution is 7.21. The molecular weight excluding hydrogens is 332 g/mol. The second kappa shape index (κ2) is 6.53. The third-order valence-corrected chi connectivity index (χ3v) is 5.03. The van der Waals surface area contributed by atoms with Gasteiger partial charge in [-0.15, -0.1) is 11.3 Å². The summed E-state index contributed by atoms with van der Waals surface area (Å²) in [6.45, 7) is 2.56. The largest absolute Gasteiger partial charge is 0.494 e. The Morgan fingerprint density at radius 2 is 1.84 bits per heavy atom. The lowest BCUT2D eigenvalue weighted by Crippen LogP contribution is -2.17. The second-order valence-corrected chi connectivity index (χ2v) is 6.57. The van der Waals surface area contributed by atoms with Crippen molar-refractivity contribution in [3.05, 3.63) is 77.3 Å². The van der Waals surface area contributed by atoms with Crippen molar-refractivity contribution in [1.82, 2.24) is 9.55 Å². The Morgan fingerprint density at radius 3 is 2.56 bits per heavy atom. The molecule has 25 heavy (non-hydrogen) atoms. The van der Waals surface area contributed by atoms with Crippen LogP contribution in [0.1, 0.15) is 6.92 Å². The molecule has 0 spiro atoms. The summed E-state index contributed by atoms with van der Waals surface area (Å²) in [6, 6.07) is 19.4. The van der Waals surface area contributed by atoms with Crippen LogP contribution in [0, 0.1) is 0 Å². The highest BCUT2D eigenvalue weighted by Crippen LogP contribution is 2.30. The first-order valence-electron chi connectivity index (χ1n) is 8.06. The van der Waals surface area contributed by atoms with Gasteiger partial charge in [0.25, 0.3) is 5.56 Å². The van der Waals surface area contributed by atoms with Gasteiger partial charge in [0, 0.05) is 4.88 Å². The number of rotatable bonds is 4. The molecule has 4 aromatic rings. The molecule has 5 heteroatoms. The van der Waals surface area contributed by atoms with Gasteiger partial charge >= 0.3 is 0 Å². The Balaban J connectivity index is 1.79. The van der Waals surface area contributed by atoms with Gasteiger partial charge < -0.3 is 4.74 Å². The highest BCUT2D eigenvalue weighted by atomic mass is 32.1. The fraction of sp³-hybridized carbons (Fsp3) is 0.100. The maximum absolute atomic E-state index is 12.9. The summed E-state index contributed by atoms with van der Waals surface area (Å²) < 4.78 is 7.02. The molecule has 0 amide bonds. The zero-order valence-corrected chi connectivity index (χ0v) is 14.5. The van der Waals surface area contributed by atoms with E-state index in [2.05, 4.69) is 4.98 Å². The van der Waals surface area contributed by atoms with Gasteiger partial charge in [-0.1, -0.05) is 30.3 Å². The van der Waals surface area contributed by atoms with Crippen LogP contribution in [0.15, 0.2) is 71.8 Å². The summed E-state index contributed by atoms with van der Waals surface area (Å²) in [5.74, 6) is 0.787. The van der Waals surface area contributed by atoms with E-state index >= 15 is 0 Å². The number of nitrogens with zero attached hydrogens (tertiary/aromatic N) is 2. The molecule has 0 atom stereocenters. The fourth-order valence-corrected chi connectivity index (χ4v) is 3.72. The van der Waals surface area contributed by atoms with Crippen molar-refractivity contribution in [3.63, 3.8) is 0 Å². The van der Waals surface area contributed by atoms with Gasteiger partial charge in [0.05, 0.1) is 17.7 Å². The molecule has 2 aromatic carbocycles. The van der Waals surface area contributed by atoms with Crippen LogP contribution in [0.4, 0.5) is 0 Å². The number of benzene rings is 2. The first-order valence-corrected chi connectivity index (χ1v) is 8.88. The Bertz CT molecular complexity index is 1070. The monoisotopic (exact) mass is 348 g/mol. The van der Waals surface area contributed by atoms with Gasteiger partial charge in [-0.25, -0.2) is 4.98 Å². The Kier molecular flexibility index (Phi) is 4.07. The molecule has 0 bridgehead atoms. The molecule has 0 aliphatic carbocycles. The van der Waals surface area contributed by atoms with Crippen molar-refractivity contribution in [2.45, 2.75) is 6.92 Å². The first kappa shape index (κ1) is 15.6. The molecule has 0 N–H and O–H groups in total. The van der Waals surface area contributed by atoms with Crippen molar-refractivity contribution < 1.29 is 4.74 Å². The average Bonchev–Trinajstić information content (AvgIpc) is 3.09. The van der Waals surface area contributed by atoms with Gasteiger partial charge in [0.2, 0.25) is 0 Å². The van der Waals surface area contributed by atoms with E-state index in [1.54, 1.807) is 10.9 Å². The van der Waals surface area contributed by atoms with E-state index in [1.165, 1.54) is 11.3 Å². The number of hydrogen-bond donors (Lipinski definition) is 0. The third kappa shape index (κ3) is 2.94. The van der Waals surface area contributed by atoms with Gasteiger partial charge in [0.15, 0.2) is 0 Å². The van der Waals surface area contributed by atoms with Crippen LogP contribution in [-0.2, 0) is 0 Å². The smallest absolute Gasteiger partial charge is 0.266 e. The van der Waals surface area contributed by atoms with E-state index in [9.17, 15) is 4.79 Å². The molecule has 2 aromatic heterocycles. The molecule has 2 heterocycles. The molecule has 4 nitrogen and oxygen atoms in total. The van der Waals surface area contributed by atoms with E-state index in [0.29, 0.717) is 12.0 Å². The van der Waals surface area contributed by atoms with Crippen molar-refractivity contribution >= 4 is 21.6 Å². The molecule has 4 rings (SSSR count). The molecule has 0 saturated heterocycles. The second-order valence-electron chi connectivity index (χ2n) is 5.54. The molecule has 0 radical (unpaired) electrons. The van der Waals surface area contributed by atoms with E-state index in [-0.39, 0.29) is 5.56 Å². The minimum absolute atomic E-state index is 0.0624. The molecule has 0 aliphatic heterocycles. The topological polar surface area (TPSA) is 44.1 Å². The minimum Gasteiger partial charge on any atom is -0.494 e. The summed E-state index contributed by atoms with van der Waals surface area (Å²) in [4.78, 5) is 19.2. The van der Waals surface area contributed by atoms with Crippen LogP contribution in [0.3, 0.4) is 0 Å². The fourth-order valence-electron chi connectivity index (χ4n) is 2.72. The zero-order valence-electron chi connectivity index (χ0n) is 13.7. The van der Waals surface area contributed by atoms with Crippen LogP contribution in [0.25, 0.3) is 26.3 Å². The van der Waals surface area contributed by atoms with Gasteiger partial charge in [0.1, 0.15) is 16.9 Å². The summed E-state index contributed by atoms with van der Waals surface area (Å²) in [5, 5.41) is 0.639. The van der Waals surface area contributed by atoms with Gasteiger partial charge in [-0.3, -0.25) is 9.36 Å². The van der Waals surface area contributed by atoms with Gasteiger partial charge in [-0.05, 0) is 42.8 Å². The number of thiophene rings is 1. The summed E-state index contributed by atoms with van der Waals surface area (Å²) in [7, 11) is 0. The summed E-state index contributed by atoms with van der Waals surface area (Å²) in [6.07, 6.45) is 1.59. The number of hydrogen-bond acceptors (Lipinski definition) is 4. The van der Waals surface area contributed by atoms with Crippen molar-refractivity contribution in [2.24, 2.45) is 0 Å². The predicted molar refractivity (Wildman–Crippen MR) is 102 cm³/mol. The highest BCUT2D eigenvalue weighted by Gasteiger charge is 2.11. The zero-order chi connectivity index (χ0) is 17.2. The maximum atomic E-state index is 12.9. The summed E-state index contributed by atoms with van der Waals surface area (Å²) >= 11 is 1.53. The van der Waals surface area contributed by atoms with Gasteiger partial charge in [-0.2, -0.15) is 0 Å². The van der Waals surface area contributed by atoms with Crippen LogP contribution < -0.4 is 10.3 Å². The van der Waals surface area contributed by atoms with Crippen molar-refractivity contribution in [2.75, 3.05) is 6.61 Å². The molecule has 0 fully saturated rings. The SMILES string of the molecule is CCOc1ccc(-n2cnc3sc(-c4ccccc4)cc3c2=O)cc1. The normalized spacial score (nSPS) is 10.9. The maximum Gasteiger partial charge on any atom is 0.266 e. The van der Waals surface area contributed by atoms with Crippen LogP contribution in [-0.4, -0.2) is 16.2 Å². The minimum atomic E-state index is -0.0624. The van der Waals surface area contributed by atoms with Crippen LogP contribution in [0.5, 0.6) is 5.75 Å². The van der Waals surface area contributed by atoms with Crippen LogP contribution in [0.2, 0.25) is 0 Å². The lowest BCUT2D eigenvalue weighted by Gasteiger charge is -2.07. The predicted octanol–water partition coefficient (Wildman–Crippen LogP) is 4.51. The quantitative estimate of drug-likeness (QED) is 0.545. The number of aromatic nitrogens is 2. The Hall–Kier alpha value is -2.92. The van der Waals surface area contributed by atoms with Crippen molar-refractivity contribution in [3.8, 4) is 21.9 Å². The third-order valence-electron chi connectivity index (χ3n) is 3.94. The molecule has 0 saturated carbocycles. The lowest BCUT2D eigenvalue weighted by atomic mass is 10.2. The summed E-state index contributed by atoms with van der Waals surface area (Å²) in [5.41, 5.74) is 1.81. The molecule has 124 valence electrons. The standard InChI is InChI=1S/C20H16N2O2S/c1-2-24-16-10-8-15(9-11-16)22-13-21-19-17(20(22)23)12-18(25-19)14-6-4-3-5-7-14/h3-13H,2H2,1H3. The molecule has 0 unspecified atom stereocenters. The average molecular weight is 348 g/mol. The number of ether oxygens (including phenoxy) is 1. The lowest BCUT2D eigenvalue weighted by molar-refractivity contribution is 0.340. The van der Waals surface area contributed by atoms with E-state index in [1.807, 2.05) is 67.6 Å². The van der Waals surface area contributed by atoms with Crippen LogP contribution >= 0.6 is 11.3 Å². The van der Waals surface area contributed by atoms with Crippen molar-refractivity contribution in [1.29, 1.82) is 0 Å². The van der Waals surface area contributed by atoms with E-state index < -0.39 is 0 Å². The van der Waals surface area contributed by atoms with E-state index in [0.717, 1.165) is 26.7 Å². The molecular formula is C20H16N2O2S. The Labute approximate surface area is 149 Å². The first-order chi connectivity index (χ1) is 12.3.